The van der Waals surface area contributed by atoms with Crippen LogP contribution in [0.1, 0.15) is 34.6 Å². The number of nitrogens with zero attached hydrogens (tertiary/aromatic N) is 3. The molecule has 0 aliphatic carbocycles. The van der Waals surface area contributed by atoms with Crippen molar-refractivity contribution in [2.45, 2.75) is 34.6 Å². The van der Waals surface area contributed by atoms with Crippen molar-refractivity contribution in [3.05, 3.63) is 0 Å². The van der Waals surface area contributed by atoms with E-state index in [0.29, 0.717) is 0 Å². The first-order chi connectivity index (χ1) is 6.83. The SMILES string of the molecule is CC.CC.CC=NN1CCN(C)CC1. The van der Waals surface area contributed by atoms with Crippen LogP contribution in [0.2, 0.25) is 0 Å². The summed E-state index contributed by atoms with van der Waals surface area (Å²) in [5, 5.41) is 6.31. The van der Waals surface area contributed by atoms with Crippen molar-refractivity contribution < 1.29 is 0 Å². The second-order valence-corrected chi connectivity index (χ2v) is 2.63. The van der Waals surface area contributed by atoms with E-state index in [4.69, 9.17) is 0 Å². The molecule has 0 saturated carbocycles. The van der Waals surface area contributed by atoms with Crippen LogP contribution in [0.4, 0.5) is 0 Å². The molecule has 0 unspecified atom stereocenters. The van der Waals surface area contributed by atoms with Gasteiger partial charge in [-0.3, -0.25) is 5.01 Å². The van der Waals surface area contributed by atoms with Crippen molar-refractivity contribution >= 4 is 6.21 Å². The third-order valence-electron chi connectivity index (χ3n) is 1.76. The summed E-state index contributed by atoms with van der Waals surface area (Å²) in [6, 6.07) is 0. The van der Waals surface area contributed by atoms with Gasteiger partial charge in [0.25, 0.3) is 0 Å². The van der Waals surface area contributed by atoms with Crippen molar-refractivity contribution in [2.75, 3.05) is 33.2 Å². The highest BCUT2D eigenvalue weighted by Gasteiger charge is 2.09. The fourth-order valence-corrected chi connectivity index (χ4v) is 1.07. The summed E-state index contributed by atoms with van der Waals surface area (Å²) in [5.41, 5.74) is 0. The Balaban J connectivity index is 0. The van der Waals surface area contributed by atoms with Gasteiger partial charge in [0.05, 0.1) is 0 Å². The van der Waals surface area contributed by atoms with Crippen LogP contribution in [0, 0.1) is 0 Å². The van der Waals surface area contributed by atoms with E-state index in [2.05, 4.69) is 22.1 Å². The lowest BCUT2D eigenvalue weighted by molar-refractivity contribution is 0.159. The van der Waals surface area contributed by atoms with Crippen LogP contribution >= 0.6 is 0 Å². The molecule has 0 N–H and O–H groups in total. The maximum atomic E-state index is 4.20. The number of rotatable bonds is 1. The van der Waals surface area contributed by atoms with Gasteiger partial charge in [0.15, 0.2) is 0 Å². The molecule has 3 heteroatoms. The maximum Gasteiger partial charge on any atom is 0.0488 e. The van der Waals surface area contributed by atoms with Gasteiger partial charge < -0.3 is 4.90 Å². The zero-order valence-electron chi connectivity index (χ0n) is 10.7. The first-order valence-corrected chi connectivity index (χ1v) is 5.75. The highest BCUT2D eigenvalue weighted by molar-refractivity contribution is 5.52. The molecule has 0 amide bonds. The van der Waals surface area contributed by atoms with E-state index < -0.39 is 0 Å². The fourth-order valence-electron chi connectivity index (χ4n) is 1.07. The minimum Gasteiger partial charge on any atom is -0.303 e. The molecule has 0 atom stereocenters. The lowest BCUT2D eigenvalue weighted by Crippen LogP contribution is -2.41. The molecule has 1 heterocycles. The fraction of sp³-hybridized carbons (Fsp3) is 0.909. The molecule has 0 aromatic heterocycles. The third kappa shape index (κ3) is 8.05. The molecule has 0 aromatic carbocycles. The molecule has 1 saturated heterocycles. The van der Waals surface area contributed by atoms with E-state index in [-0.39, 0.29) is 0 Å². The first kappa shape index (κ1) is 15.9. The van der Waals surface area contributed by atoms with Gasteiger partial charge in [0.1, 0.15) is 0 Å². The summed E-state index contributed by atoms with van der Waals surface area (Å²) < 4.78 is 0. The van der Waals surface area contributed by atoms with Crippen molar-refractivity contribution in [3.8, 4) is 0 Å². The molecular formula is C11H27N3. The quantitative estimate of drug-likeness (QED) is 0.606. The molecule has 86 valence electrons. The summed E-state index contributed by atoms with van der Waals surface area (Å²) in [7, 11) is 2.15. The Bertz CT molecular complexity index is 116. The predicted molar refractivity (Wildman–Crippen MR) is 65.9 cm³/mol. The predicted octanol–water partition coefficient (Wildman–Crippen LogP) is 2.29. The van der Waals surface area contributed by atoms with E-state index in [1.807, 2.05) is 40.8 Å². The summed E-state index contributed by atoms with van der Waals surface area (Å²) >= 11 is 0. The molecule has 1 rings (SSSR count). The highest BCUT2D eigenvalue weighted by Crippen LogP contribution is 1.97. The van der Waals surface area contributed by atoms with Gasteiger partial charge in [-0.1, -0.05) is 27.7 Å². The van der Waals surface area contributed by atoms with E-state index in [0.717, 1.165) is 26.2 Å². The Morgan fingerprint density at radius 1 is 0.929 bits per heavy atom. The smallest absolute Gasteiger partial charge is 0.0488 e. The summed E-state index contributed by atoms with van der Waals surface area (Å²) in [6.45, 7) is 14.4. The minimum absolute atomic E-state index is 1.07. The minimum atomic E-state index is 1.07. The van der Waals surface area contributed by atoms with Crippen LogP contribution in [0.3, 0.4) is 0 Å². The molecule has 3 nitrogen and oxygen atoms in total. The standard InChI is InChI=1S/C7H15N3.2C2H6/c1-3-8-10-6-4-9(2)5-7-10;2*1-2/h3H,4-7H2,1-2H3;2*1-2H3. The largest absolute Gasteiger partial charge is 0.303 e. The molecule has 1 aliphatic rings. The number of likely N-dealkylation sites (N-methyl/N-ethyl adjacent to an activating group) is 1. The topological polar surface area (TPSA) is 18.8 Å². The lowest BCUT2D eigenvalue weighted by atomic mass is 10.4. The maximum absolute atomic E-state index is 4.20. The van der Waals surface area contributed by atoms with Crippen LogP contribution < -0.4 is 0 Å². The Kier molecular flexibility index (Phi) is 14.1. The van der Waals surface area contributed by atoms with Crippen molar-refractivity contribution in [2.24, 2.45) is 5.10 Å². The number of hydrogen-bond donors (Lipinski definition) is 0. The van der Waals surface area contributed by atoms with E-state index in [9.17, 15) is 0 Å². The highest BCUT2D eigenvalue weighted by atomic mass is 15.5. The molecule has 0 radical (unpaired) electrons. The third-order valence-corrected chi connectivity index (χ3v) is 1.76. The van der Waals surface area contributed by atoms with Gasteiger partial charge in [-0.05, 0) is 14.0 Å². The second-order valence-electron chi connectivity index (χ2n) is 2.63. The van der Waals surface area contributed by atoms with Gasteiger partial charge >= 0.3 is 0 Å². The Hall–Kier alpha value is -0.570. The molecule has 14 heavy (non-hydrogen) atoms. The Morgan fingerprint density at radius 2 is 1.36 bits per heavy atom. The molecule has 0 spiro atoms. The van der Waals surface area contributed by atoms with E-state index >= 15 is 0 Å². The Labute approximate surface area is 89.8 Å². The van der Waals surface area contributed by atoms with Crippen LogP contribution in [-0.2, 0) is 0 Å². The zero-order valence-corrected chi connectivity index (χ0v) is 10.7. The average Bonchev–Trinajstić information content (AvgIpc) is 2.28. The second kappa shape index (κ2) is 12.4. The van der Waals surface area contributed by atoms with E-state index in [1.165, 1.54) is 0 Å². The molecule has 0 aromatic rings. The van der Waals surface area contributed by atoms with Crippen molar-refractivity contribution in [1.82, 2.24) is 9.91 Å². The molecule has 1 fully saturated rings. The number of piperazine rings is 1. The van der Waals surface area contributed by atoms with Gasteiger partial charge in [0, 0.05) is 32.4 Å². The van der Waals surface area contributed by atoms with Gasteiger partial charge in [-0.25, -0.2) is 0 Å². The summed E-state index contributed by atoms with van der Waals surface area (Å²) in [6.07, 6.45) is 1.85. The number of hydrazone groups is 1. The van der Waals surface area contributed by atoms with E-state index in [1.54, 1.807) is 0 Å². The Morgan fingerprint density at radius 3 is 1.71 bits per heavy atom. The normalized spacial score (nSPS) is 16.9. The van der Waals surface area contributed by atoms with Gasteiger partial charge in [-0.15, -0.1) is 0 Å². The van der Waals surface area contributed by atoms with Crippen LogP contribution in [0.25, 0.3) is 0 Å². The van der Waals surface area contributed by atoms with Crippen LogP contribution in [0.5, 0.6) is 0 Å². The van der Waals surface area contributed by atoms with Gasteiger partial charge in [-0.2, -0.15) is 5.10 Å². The van der Waals surface area contributed by atoms with Crippen LogP contribution in [-0.4, -0.2) is 49.4 Å². The van der Waals surface area contributed by atoms with Crippen molar-refractivity contribution in [1.29, 1.82) is 0 Å². The molecule has 1 aliphatic heterocycles. The number of hydrogen-bond acceptors (Lipinski definition) is 3. The van der Waals surface area contributed by atoms with Gasteiger partial charge in [0.2, 0.25) is 0 Å². The average molecular weight is 201 g/mol. The van der Waals surface area contributed by atoms with Crippen LogP contribution in [0.15, 0.2) is 5.10 Å². The summed E-state index contributed by atoms with van der Waals surface area (Å²) in [4.78, 5) is 2.32. The lowest BCUT2D eigenvalue weighted by Gasteiger charge is -2.30. The summed E-state index contributed by atoms with van der Waals surface area (Å²) in [5.74, 6) is 0. The zero-order chi connectivity index (χ0) is 11.4. The molecule has 0 bridgehead atoms. The van der Waals surface area contributed by atoms with Crippen molar-refractivity contribution in [3.63, 3.8) is 0 Å². The first-order valence-electron chi connectivity index (χ1n) is 5.75. The monoisotopic (exact) mass is 201 g/mol. The molecular weight excluding hydrogens is 174 g/mol.